The van der Waals surface area contributed by atoms with Crippen molar-refractivity contribution in [1.29, 1.82) is 5.26 Å². The number of benzene rings is 1. The number of hydrogen-bond donors (Lipinski definition) is 1. The Morgan fingerprint density at radius 1 is 1.38 bits per heavy atom. The van der Waals surface area contributed by atoms with Gasteiger partial charge in [0.1, 0.15) is 0 Å². The van der Waals surface area contributed by atoms with E-state index in [9.17, 15) is 4.79 Å². The van der Waals surface area contributed by atoms with E-state index in [0.717, 1.165) is 29.7 Å². The monoisotopic (exact) mass is 214 g/mol. The van der Waals surface area contributed by atoms with Crippen molar-refractivity contribution in [3.8, 4) is 6.07 Å². The van der Waals surface area contributed by atoms with Crippen molar-refractivity contribution in [3.05, 3.63) is 28.8 Å². The lowest BCUT2D eigenvalue weighted by Gasteiger charge is -2.11. The van der Waals surface area contributed by atoms with Gasteiger partial charge in [-0.1, -0.05) is 0 Å². The Kier molecular flexibility index (Phi) is 2.66. The fraction of sp³-hybridized carbons (Fsp3) is 0.385. The number of amides is 1. The largest absolute Gasteiger partial charge is 0.325 e. The van der Waals surface area contributed by atoms with Crippen LogP contribution in [0.3, 0.4) is 0 Å². The van der Waals surface area contributed by atoms with Crippen LogP contribution in [0.5, 0.6) is 0 Å². The van der Waals surface area contributed by atoms with Gasteiger partial charge in [0, 0.05) is 11.6 Å². The smallest absolute Gasteiger partial charge is 0.227 e. The Hall–Kier alpha value is -1.82. The molecule has 1 N–H and O–H groups in total. The summed E-state index contributed by atoms with van der Waals surface area (Å²) in [6, 6.07) is 5.71. The number of rotatable bonds is 2. The molecule has 0 radical (unpaired) electrons. The second kappa shape index (κ2) is 3.97. The first-order chi connectivity index (χ1) is 7.61. The third kappa shape index (κ3) is 2.06. The summed E-state index contributed by atoms with van der Waals surface area (Å²) in [6.07, 6.45) is 2.00. The molecule has 0 aliphatic heterocycles. The molecule has 1 aromatic rings. The second-order valence-electron chi connectivity index (χ2n) is 4.36. The summed E-state index contributed by atoms with van der Waals surface area (Å²) in [7, 11) is 0. The van der Waals surface area contributed by atoms with Crippen molar-refractivity contribution in [1.82, 2.24) is 0 Å². The number of hydrogen-bond acceptors (Lipinski definition) is 2. The number of nitriles is 1. The van der Waals surface area contributed by atoms with Crippen LogP contribution in [0.25, 0.3) is 0 Å². The summed E-state index contributed by atoms with van der Waals surface area (Å²) >= 11 is 0. The molecule has 16 heavy (non-hydrogen) atoms. The first-order valence-electron chi connectivity index (χ1n) is 5.44. The Morgan fingerprint density at radius 3 is 2.38 bits per heavy atom. The van der Waals surface area contributed by atoms with E-state index in [4.69, 9.17) is 5.26 Å². The highest BCUT2D eigenvalue weighted by Crippen LogP contribution is 2.31. The van der Waals surface area contributed by atoms with Gasteiger partial charge < -0.3 is 5.32 Å². The fourth-order valence-corrected chi connectivity index (χ4v) is 1.80. The van der Waals surface area contributed by atoms with E-state index in [-0.39, 0.29) is 11.8 Å². The molecule has 0 unspecified atom stereocenters. The summed E-state index contributed by atoms with van der Waals surface area (Å²) < 4.78 is 0. The number of carbonyl (C=O) groups excluding carboxylic acids is 1. The molecular weight excluding hydrogens is 200 g/mol. The molecule has 1 aliphatic carbocycles. The Balaban J connectivity index is 2.26. The van der Waals surface area contributed by atoms with E-state index in [1.807, 2.05) is 13.8 Å². The molecule has 0 spiro atoms. The van der Waals surface area contributed by atoms with Gasteiger partial charge in [-0.15, -0.1) is 0 Å². The number of carbonyl (C=O) groups is 1. The first-order valence-corrected chi connectivity index (χ1v) is 5.44. The van der Waals surface area contributed by atoms with Gasteiger partial charge in [0.25, 0.3) is 0 Å². The van der Waals surface area contributed by atoms with Crippen molar-refractivity contribution >= 4 is 11.6 Å². The quantitative estimate of drug-likeness (QED) is 0.822. The lowest BCUT2D eigenvalue weighted by Crippen LogP contribution is -2.15. The SMILES string of the molecule is Cc1cc(C#N)cc(C)c1NC(=O)C1CC1. The minimum Gasteiger partial charge on any atom is -0.325 e. The zero-order valence-corrected chi connectivity index (χ0v) is 9.50. The fourth-order valence-electron chi connectivity index (χ4n) is 1.80. The van der Waals surface area contributed by atoms with Gasteiger partial charge in [-0.05, 0) is 49.9 Å². The van der Waals surface area contributed by atoms with Gasteiger partial charge in [0.15, 0.2) is 0 Å². The minimum atomic E-state index is 0.107. The molecule has 3 heteroatoms. The van der Waals surface area contributed by atoms with E-state index >= 15 is 0 Å². The normalized spacial score (nSPS) is 14.3. The summed E-state index contributed by atoms with van der Waals surface area (Å²) in [5.74, 6) is 0.311. The van der Waals surface area contributed by atoms with Crippen molar-refractivity contribution in [3.63, 3.8) is 0 Å². The van der Waals surface area contributed by atoms with Gasteiger partial charge in [-0.2, -0.15) is 5.26 Å². The molecule has 0 heterocycles. The molecule has 1 aromatic carbocycles. The van der Waals surface area contributed by atoms with Crippen molar-refractivity contribution in [2.24, 2.45) is 5.92 Å². The van der Waals surface area contributed by atoms with Crippen LogP contribution in [0.1, 0.15) is 29.5 Å². The predicted molar refractivity (Wildman–Crippen MR) is 62.0 cm³/mol. The summed E-state index contributed by atoms with van der Waals surface area (Å²) in [5, 5.41) is 11.8. The maximum Gasteiger partial charge on any atom is 0.227 e. The van der Waals surface area contributed by atoms with Crippen LogP contribution in [0, 0.1) is 31.1 Å². The Bertz CT molecular complexity index is 458. The van der Waals surface area contributed by atoms with E-state index in [2.05, 4.69) is 11.4 Å². The van der Waals surface area contributed by atoms with Gasteiger partial charge in [-0.25, -0.2) is 0 Å². The maximum atomic E-state index is 11.7. The molecule has 0 bridgehead atoms. The van der Waals surface area contributed by atoms with Crippen LogP contribution in [-0.2, 0) is 4.79 Å². The van der Waals surface area contributed by atoms with Crippen molar-refractivity contribution in [2.45, 2.75) is 26.7 Å². The molecule has 1 amide bonds. The number of aryl methyl sites for hydroxylation is 2. The van der Waals surface area contributed by atoms with E-state index in [1.54, 1.807) is 12.1 Å². The molecule has 3 nitrogen and oxygen atoms in total. The van der Waals surface area contributed by atoms with Gasteiger partial charge in [0.2, 0.25) is 5.91 Å². The standard InChI is InChI=1S/C13H14N2O/c1-8-5-10(7-14)6-9(2)12(8)15-13(16)11-3-4-11/h5-6,11H,3-4H2,1-2H3,(H,15,16). The molecular formula is C13H14N2O. The summed E-state index contributed by atoms with van der Waals surface area (Å²) in [5.41, 5.74) is 3.39. The van der Waals surface area contributed by atoms with E-state index < -0.39 is 0 Å². The van der Waals surface area contributed by atoms with Crippen LogP contribution in [0.2, 0.25) is 0 Å². The molecule has 0 saturated heterocycles. The van der Waals surface area contributed by atoms with Crippen molar-refractivity contribution < 1.29 is 4.79 Å². The van der Waals surface area contributed by atoms with Crippen LogP contribution >= 0.6 is 0 Å². The third-order valence-corrected chi connectivity index (χ3v) is 2.86. The van der Waals surface area contributed by atoms with E-state index in [1.165, 1.54) is 0 Å². The van der Waals surface area contributed by atoms with Crippen LogP contribution in [-0.4, -0.2) is 5.91 Å². The highest BCUT2D eigenvalue weighted by Gasteiger charge is 2.30. The van der Waals surface area contributed by atoms with E-state index in [0.29, 0.717) is 5.56 Å². The topological polar surface area (TPSA) is 52.9 Å². The average molecular weight is 214 g/mol. The Morgan fingerprint density at radius 2 is 1.94 bits per heavy atom. The van der Waals surface area contributed by atoms with Crippen molar-refractivity contribution in [2.75, 3.05) is 5.32 Å². The molecule has 1 fully saturated rings. The Labute approximate surface area is 95.1 Å². The van der Waals surface area contributed by atoms with Gasteiger partial charge in [0.05, 0.1) is 11.6 Å². The van der Waals surface area contributed by atoms with Crippen LogP contribution in [0.15, 0.2) is 12.1 Å². The molecule has 0 atom stereocenters. The maximum absolute atomic E-state index is 11.7. The zero-order valence-electron chi connectivity index (χ0n) is 9.50. The summed E-state index contributed by atoms with van der Waals surface area (Å²) in [6.45, 7) is 3.83. The van der Waals surface area contributed by atoms with Gasteiger partial charge >= 0.3 is 0 Å². The second-order valence-corrected chi connectivity index (χ2v) is 4.36. The zero-order chi connectivity index (χ0) is 11.7. The average Bonchev–Trinajstić information content (AvgIpc) is 3.06. The molecule has 1 saturated carbocycles. The molecule has 1 aliphatic rings. The highest BCUT2D eigenvalue weighted by molar-refractivity contribution is 5.95. The molecule has 82 valence electrons. The first kappa shape index (κ1) is 10.7. The summed E-state index contributed by atoms with van der Waals surface area (Å²) in [4.78, 5) is 11.7. The lowest BCUT2D eigenvalue weighted by atomic mass is 10.0. The number of anilines is 1. The predicted octanol–water partition coefficient (Wildman–Crippen LogP) is 2.52. The lowest BCUT2D eigenvalue weighted by molar-refractivity contribution is -0.117. The number of nitrogens with zero attached hydrogens (tertiary/aromatic N) is 1. The third-order valence-electron chi connectivity index (χ3n) is 2.86. The van der Waals surface area contributed by atoms with Crippen LogP contribution < -0.4 is 5.32 Å². The van der Waals surface area contributed by atoms with Crippen LogP contribution in [0.4, 0.5) is 5.69 Å². The number of nitrogens with one attached hydrogen (secondary N) is 1. The highest BCUT2D eigenvalue weighted by atomic mass is 16.2. The molecule has 0 aromatic heterocycles. The minimum absolute atomic E-state index is 0.107. The molecule has 2 rings (SSSR count). The van der Waals surface area contributed by atoms with Gasteiger partial charge in [-0.3, -0.25) is 4.79 Å².